The number of benzene rings is 3. The number of nitrogens with zero attached hydrogens (tertiary/aromatic N) is 1. The van der Waals surface area contributed by atoms with Crippen molar-refractivity contribution in [1.29, 1.82) is 0 Å². The van der Waals surface area contributed by atoms with E-state index in [1.165, 1.54) is 6.21 Å². The molecular weight excluding hydrogens is 472 g/mol. The number of hydrazone groups is 1. The minimum Gasteiger partial charge on any atom is -0.490 e. The molecule has 0 atom stereocenters. The van der Waals surface area contributed by atoms with Gasteiger partial charge >= 0.3 is 11.8 Å². The van der Waals surface area contributed by atoms with Gasteiger partial charge in [-0.25, -0.2) is 5.43 Å². The second kappa shape index (κ2) is 13.4. The van der Waals surface area contributed by atoms with Gasteiger partial charge < -0.3 is 20.1 Å². The molecule has 0 fully saturated rings. The lowest BCUT2D eigenvalue weighted by molar-refractivity contribution is -0.136. The first-order chi connectivity index (χ1) is 17.9. The Morgan fingerprint density at radius 1 is 0.865 bits per heavy atom. The smallest absolute Gasteiger partial charge is 0.329 e. The van der Waals surface area contributed by atoms with E-state index in [1.54, 1.807) is 30.3 Å². The molecule has 37 heavy (non-hydrogen) atoms. The first-order valence-corrected chi connectivity index (χ1v) is 11.9. The van der Waals surface area contributed by atoms with Crippen molar-refractivity contribution in [2.45, 2.75) is 27.2 Å². The third kappa shape index (κ3) is 8.21. The first kappa shape index (κ1) is 26.9. The summed E-state index contributed by atoms with van der Waals surface area (Å²) in [6.07, 6.45) is 2.09. The number of rotatable bonds is 10. The van der Waals surface area contributed by atoms with E-state index in [4.69, 9.17) is 9.47 Å². The van der Waals surface area contributed by atoms with Crippen molar-refractivity contribution in [3.05, 3.63) is 83.4 Å². The molecule has 0 saturated carbocycles. The highest BCUT2D eigenvalue weighted by Gasteiger charge is 2.14. The Balaban J connectivity index is 1.56. The fourth-order valence-electron chi connectivity index (χ4n) is 3.32. The van der Waals surface area contributed by atoms with Gasteiger partial charge in [0.2, 0.25) is 0 Å². The molecule has 3 N–H and O–H groups in total. The van der Waals surface area contributed by atoms with Crippen LogP contribution in [0.25, 0.3) is 0 Å². The van der Waals surface area contributed by atoms with E-state index >= 15 is 0 Å². The summed E-state index contributed by atoms with van der Waals surface area (Å²) in [5, 5.41) is 9.22. The van der Waals surface area contributed by atoms with Crippen LogP contribution in [0.5, 0.6) is 11.5 Å². The number of anilines is 2. The average molecular weight is 503 g/mol. The van der Waals surface area contributed by atoms with Gasteiger partial charge in [-0.05, 0) is 67.8 Å². The fraction of sp³-hybridized carbons (Fsp3) is 0.214. The monoisotopic (exact) mass is 502 g/mol. The molecule has 192 valence electrons. The van der Waals surface area contributed by atoms with Crippen LogP contribution in [0, 0.1) is 6.92 Å². The lowest BCUT2D eigenvalue weighted by Crippen LogP contribution is -2.32. The molecule has 0 aliphatic rings. The Morgan fingerprint density at radius 2 is 1.62 bits per heavy atom. The Kier molecular flexibility index (Phi) is 9.78. The Labute approximate surface area is 215 Å². The highest BCUT2D eigenvalue weighted by molar-refractivity contribution is 6.39. The molecule has 0 bridgehead atoms. The van der Waals surface area contributed by atoms with Crippen LogP contribution >= 0.6 is 0 Å². The molecule has 3 aromatic carbocycles. The lowest BCUT2D eigenvalue weighted by atomic mass is 10.1. The first-order valence-electron chi connectivity index (χ1n) is 11.9. The Morgan fingerprint density at radius 3 is 2.35 bits per heavy atom. The molecule has 0 aliphatic carbocycles. The van der Waals surface area contributed by atoms with Gasteiger partial charge in [-0.2, -0.15) is 5.10 Å². The highest BCUT2D eigenvalue weighted by Crippen LogP contribution is 2.28. The van der Waals surface area contributed by atoms with E-state index in [-0.39, 0.29) is 12.5 Å². The van der Waals surface area contributed by atoms with Gasteiger partial charge in [0, 0.05) is 11.4 Å². The Hall–Kier alpha value is -4.66. The molecule has 3 amide bonds. The molecule has 0 radical (unpaired) electrons. The minimum atomic E-state index is -0.897. The van der Waals surface area contributed by atoms with Gasteiger partial charge in [0.1, 0.15) is 0 Å². The van der Waals surface area contributed by atoms with Crippen LogP contribution in [-0.4, -0.2) is 37.1 Å². The maximum absolute atomic E-state index is 12.2. The highest BCUT2D eigenvalue weighted by atomic mass is 16.5. The molecule has 0 saturated heterocycles. The summed E-state index contributed by atoms with van der Waals surface area (Å²) >= 11 is 0. The van der Waals surface area contributed by atoms with Crippen molar-refractivity contribution in [2.75, 3.05) is 23.8 Å². The number of hydrogen-bond donors (Lipinski definition) is 3. The summed E-state index contributed by atoms with van der Waals surface area (Å²) in [5.41, 5.74) is 6.09. The van der Waals surface area contributed by atoms with Crippen LogP contribution in [0.3, 0.4) is 0 Å². The third-order valence-electron chi connectivity index (χ3n) is 5.19. The molecule has 0 spiro atoms. The van der Waals surface area contributed by atoms with Crippen molar-refractivity contribution in [3.8, 4) is 11.5 Å². The molecular formula is C28H30N4O5. The second-order valence-electron chi connectivity index (χ2n) is 8.01. The number of hydrogen-bond acceptors (Lipinski definition) is 6. The van der Waals surface area contributed by atoms with Gasteiger partial charge in [-0.1, -0.05) is 42.8 Å². The van der Waals surface area contributed by atoms with Crippen LogP contribution in [0.4, 0.5) is 11.4 Å². The summed E-state index contributed by atoms with van der Waals surface area (Å²) in [7, 11) is 0. The van der Waals surface area contributed by atoms with Crippen LogP contribution < -0.4 is 25.5 Å². The van der Waals surface area contributed by atoms with Crippen molar-refractivity contribution in [3.63, 3.8) is 0 Å². The van der Waals surface area contributed by atoms with Crippen molar-refractivity contribution in [1.82, 2.24) is 5.43 Å². The maximum atomic E-state index is 12.2. The van der Waals surface area contributed by atoms with Gasteiger partial charge in [-0.3, -0.25) is 14.4 Å². The minimum absolute atomic E-state index is 0.201. The van der Waals surface area contributed by atoms with Crippen LogP contribution in [0.1, 0.15) is 30.5 Å². The lowest BCUT2D eigenvalue weighted by Gasteiger charge is -2.13. The van der Waals surface area contributed by atoms with Crippen molar-refractivity contribution in [2.24, 2.45) is 5.10 Å². The van der Waals surface area contributed by atoms with Gasteiger partial charge in [-0.15, -0.1) is 0 Å². The summed E-state index contributed by atoms with van der Waals surface area (Å²) in [6.45, 7) is 5.93. The number of carbonyl (C=O) groups excluding carboxylic acids is 3. The van der Waals surface area contributed by atoms with E-state index in [0.717, 1.165) is 17.5 Å². The number of para-hydroxylation sites is 1. The topological polar surface area (TPSA) is 118 Å². The zero-order valence-electron chi connectivity index (χ0n) is 21.0. The van der Waals surface area contributed by atoms with E-state index < -0.39 is 11.8 Å². The summed E-state index contributed by atoms with van der Waals surface area (Å²) in [6, 6.07) is 19.7. The molecule has 3 rings (SSSR count). The van der Waals surface area contributed by atoms with Gasteiger partial charge in [0.25, 0.3) is 5.91 Å². The zero-order valence-corrected chi connectivity index (χ0v) is 21.0. The molecule has 0 unspecified atom stereocenters. The van der Waals surface area contributed by atoms with Crippen LogP contribution in [0.2, 0.25) is 0 Å². The summed E-state index contributed by atoms with van der Waals surface area (Å²) in [5.74, 6) is -1.22. The van der Waals surface area contributed by atoms with Gasteiger partial charge in [0.15, 0.2) is 18.1 Å². The predicted octanol–water partition coefficient (Wildman–Crippen LogP) is 4.06. The number of ether oxygens (including phenoxy) is 2. The predicted molar refractivity (Wildman–Crippen MR) is 143 cm³/mol. The van der Waals surface area contributed by atoms with E-state index in [9.17, 15) is 14.4 Å². The van der Waals surface area contributed by atoms with E-state index in [2.05, 4.69) is 21.2 Å². The average Bonchev–Trinajstić information content (AvgIpc) is 2.90. The fourth-order valence-corrected chi connectivity index (χ4v) is 3.32. The SMILES string of the molecule is CCOc1cc(/C=N\NC(=O)C(=O)Nc2ccccc2CC)ccc1OCC(=O)Nc1ccc(C)cc1. The summed E-state index contributed by atoms with van der Waals surface area (Å²) in [4.78, 5) is 36.6. The maximum Gasteiger partial charge on any atom is 0.329 e. The molecule has 0 heterocycles. The number of amides is 3. The van der Waals surface area contributed by atoms with E-state index in [0.29, 0.717) is 35.0 Å². The normalized spacial score (nSPS) is 10.6. The van der Waals surface area contributed by atoms with Crippen molar-refractivity contribution >= 4 is 35.3 Å². The summed E-state index contributed by atoms with van der Waals surface area (Å²) < 4.78 is 11.3. The number of aryl methyl sites for hydroxylation is 2. The molecule has 0 aromatic heterocycles. The zero-order chi connectivity index (χ0) is 26.6. The largest absolute Gasteiger partial charge is 0.490 e. The van der Waals surface area contributed by atoms with Crippen LogP contribution in [0.15, 0.2) is 71.8 Å². The standard InChI is InChI=1S/C28H30N4O5/c1-4-21-8-6-7-9-23(21)31-27(34)28(35)32-29-17-20-12-15-24(25(16-20)36-5-2)37-18-26(33)30-22-13-10-19(3)11-14-22/h6-17H,4-5,18H2,1-3H3,(H,30,33)(H,31,34)(H,32,35)/b29-17-. The number of carbonyl (C=O) groups is 3. The molecule has 9 heteroatoms. The van der Waals surface area contributed by atoms with Gasteiger partial charge in [0.05, 0.1) is 12.8 Å². The number of nitrogens with one attached hydrogen (secondary N) is 3. The quantitative estimate of drug-likeness (QED) is 0.220. The van der Waals surface area contributed by atoms with E-state index in [1.807, 2.05) is 57.2 Å². The molecule has 9 nitrogen and oxygen atoms in total. The third-order valence-corrected chi connectivity index (χ3v) is 5.19. The second-order valence-corrected chi connectivity index (χ2v) is 8.01. The molecule has 0 aliphatic heterocycles. The van der Waals surface area contributed by atoms with Crippen molar-refractivity contribution < 1.29 is 23.9 Å². The Bertz CT molecular complexity index is 1270. The van der Waals surface area contributed by atoms with Crippen LogP contribution in [-0.2, 0) is 20.8 Å². The molecule has 3 aromatic rings.